The van der Waals surface area contributed by atoms with Gasteiger partial charge >= 0.3 is 0 Å². The molecular formula is C17H16N2O2S. The van der Waals surface area contributed by atoms with Gasteiger partial charge in [-0.2, -0.15) is 5.26 Å². The van der Waals surface area contributed by atoms with Crippen LogP contribution in [-0.2, 0) is 10.0 Å². The molecule has 0 atom stereocenters. The van der Waals surface area contributed by atoms with Crippen molar-refractivity contribution >= 4 is 16.1 Å². The summed E-state index contributed by atoms with van der Waals surface area (Å²) >= 11 is 0. The SMILES string of the molecule is Cc1ccc(S(=O)(=O)NC/C(C#N)=C\c2ccccc2)cc1. The Bertz CT molecular complexity index is 802. The first-order chi connectivity index (χ1) is 10.5. The van der Waals surface area contributed by atoms with Gasteiger partial charge in [-0.05, 0) is 30.7 Å². The van der Waals surface area contributed by atoms with Gasteiger partial charge in [0.2, 0.25) is 10.0 Å². The van der Waals surface area contributed by atoms with Crippen LogP contribution in [0.1, 0.15) is 11.1 Å². The Kier molecular flexibility index (Phi) is 5.10. The molecule has 2 aromatic carbocycles. The van der Waals surface area contributed by atoms with Gasteiger partial charge in [-0.15, -0.1) is 0 Å². The molecule has 0 aliphatic heterocycles. The monoisotopic (exact) mass is 312 g/mol. The Morgan fingerprint density at radius 2 is 1.77 bits per heavy atom. The molecular weight excluding hydrogens is 296 g/mol. The first-order valence-electron chi connectivity index (χ1n) is 6.73. The van der Waals surface area contributed by atoms with Crippen molar-refractivity contribution in [3.63, 3.8) is 0 Å². The second kappa shape index (κ2) is 7.03. The molecule has 0 heterocycles. The summed E-state index contributed by atoms with van der Waals surface area (Å²) in [6, 6.07) is 17.9. The lowest BCUT2D eigenvalue weighted by atomic mass is 10.1. The summed E-state index contributed by atoms with van der Waals surface area (Å²) in [5, 5.41) is 9.14. The lowest BCUT2D eigenvalue weighted by Crippen LogP contribution is -2.25. The predicted molar refractivity (Wildman–Crippen MR) is 86.4 cm³/mol. The highest BCUT2D eigenvalue weighted by atomic mass is 32.2. The summed E-state index contributed by atoms with van der Waals surface area (Å²) in [6.07, 6.45) is 1.66. The van der Waals surface area contributed by atoms with Gasteiger partial charge in [-0.25, -0.2) is 13.1 Å². The summed E-state index contributed by atoms with van der Waals surface area (Å²) in [4.78, 5) is 0.190. The van der Waals surface area contributed by atoms with E-state index in [0.717, 1.165) is 11.1 Å². The largest absolute Gasteiger partial charge is 0.240 e. The van der Waals surface area contributed by atoms with Crippen LogP contribution < -0.4 is 4.72 Å². The van der Waals surface area contributed by atoms with Crippen LogP contribution in [0.2, 0.25) is 0 Å². The second-order valence-corrected chi connectivity index (χ2v) is 6.60. The third kappa shape index (κ3) is 4.29. The van der Waals surface area contributed by atoms with E-state index in [1.54, 1.807) is 30.3 Å². The number of nitrogens with zero attached hydrogens (tertiary/aromatic N) is 1. The van der Waals surface area contributed by atoms with Gasteiger partial charge in [0, 0.05) is 12.1 Å². The first kappa shape index (κ1) is 16.0. The zero-order valence-electron chi connectivity index (χ0n) is 12.2. The van der Waals surface area contributed by atoms with Crippen molar-refractivity contribution in [2.24, 2.45) is 0 Å². The summed E-state index contributed by atoms with van der Waals surface area (Å²) in [7, 11) is -3.62. The van der Waals surface area contributed by atoms with Gasteiger partial charge in [0.05, 0.1) is 11.0 Å². The molecule has 0 saturated heterocycles. The quantitative estimate of drug-likeness (QED) is 0.863. The van der Waals surface area contributed by atoms with E-state index in [1.807, 2.05) is 43.3 Å². The highest BCUT2D eigenvalue weighted by molar-refractivity contribution is 7.89. The van der Waals surface area contributed by atoms with E-state index in [9.17, 15) is 8.42 Å². The molecule has 2 aromatic rings. The minimum Gasteiger partial charge on any atom is -0.207 e. The highest BCUT2D eigenvalue weighted by Gasteiger charge is 2.13. The van der Waals surface area contributed by atoms with Crippen LogP contribution in [0.5, 0.6) is 0 Å². The number of hydrogen-bond acceptors (Lipinski definition) is 3. The van der Waals surface area contributed by atoms with Crippen molar-refractivity contribution in [1.82, 2.24) is 4.72 Å². The van der Waals surface area contributed by atoms with Crippen LogP contribution in [-0.4, -0.2) is 15.0 Å². The minimum atomic E-state index is -3.62. The number of benzene rings is 2. The molecule has 0 amide bonds. The smallest absolute Gasteiger partial charge is 0.207 e. The maximum atomic E-state index is 12.2. The summed E-state index contributed by atoms with van der Waals surface area (Å²) in [6.45, 7) is 1.85. The molecule has 4 nitrogen and oxygen atoms in total. The van der Waals surface area contributed by atoms with Gasteiger partial charge in [0.25, 0.3) is 0 Å². The Balaban J connectivity index is 2.12. The van der Waals surface area contributed by atoms with Crippen molar-refractivity contribution < 1.29 is 8.42 Å². The maximum Gasteiger partial charge on any atom is 0.240 e. The van der Waals surface area contributed by atoms with E-state index < -0.39 is 10.0 Å². The Hall–Kier alpha value is -2.42. The molecule has 112 valence electrons. The highest BCUT2D eigenvalue weighted by Crippen LogP contribution is 2.11. The zero-order chi connectivity index (χ0) is 16.0. The average Bonchev–Trinajstić information content (AvgIpc) is 2.53. The van der Waals surface area contributed by atoms with E-state index in [-0.39, 0.29) is 11.4 Å². The average molecular weight is 312 g/mol. The molecule has 0 aliphatic carbocycles. The van der Waals surface area contributed by atoms with Crippen LogP contribution >= 0.6 is 0 Å². The summed E-state index contributed by atoms with van der Waals surface area (Å²) in [5.41, 5.74) is 2.19. The fourth-order valence-corrected chi connectivity index (χ4v) is 2.85. The van der Waals surface area contributed by atoms with Gasteiger partial charge < -0.3 is 0 Å². The lowest BCUT2D eigenvalue weighted by Gasteiger charge is -2.06. The van der Waals surface area contributed by atoms with Crippen molar-refractivity contribution in [2.75, 3.05) is 6.54 Å². The Morgan fingerprint density at radius 1 is 1.14 bits per heavy atom. The van der Waals surface area contributed by atoms with Crippen LogP contribution in [0.15, 0.2) is 65.1 Å². The van der Waals surface area contributed by atoms with E-state index in [4.69, 9.17) is 5.26 Å². The molecule has 0 fully saturated rings. The number of hydrogen-bond donors (Lipinski definition) is 1. The molecule has 0 saturated carbocycles. The third-order valence-corrected chi connectivity index (χ3v) is 4.49. The topological polar surface area (TPSA) is 70.0 Å². The van der Waals surface area contributed by atoms with E-state index in [1.165, 1.54) is 0 Å². The fraction of sp³-hybridized carbons (Fsp3) is 0.118. The number of rotatable bonds is 5. The van der Waals surface area contributed by atoms with Gasteiger partial charge in [0.1, 0.15) is 0 Å². The molecule has 0 aromatic heterocycles. The molecule has 0 radical (unpaired) electrons. The van der Waals surface area contributed by atoms with E-state index in [0.29, 0.717) is 5.57 Å². The number of nitrogens with one attached hydrogen (secondary N) is 1. The molecule has 0 spiro atoms. The van der Waals surface area contributed by atoms with Gasteiger partial charge in [-0.3, -0.25) is 0 Å². The Morgan fingerprint density at radius 3 is 2.36 bits per heavy atom. The standard InChI is InChI=1S/C17H16N2O2S/c1-14-7-9-17(10-8-14)22(20,21)19-13-16(12-18)11-15-5-3-2-4-6-15/h2-11,19H,13H2,1H3/b16-11-. The molecule has 0 unspecified atom stereocenters. The van der Waals surface area contributed by atoms with Crippen LogP contribution in [0.4, 0.5) is 0 Å². The van der Waals surface area contributed by atoms with Crippen LogP contribution in [0.3, 0.4) is 0 Å². The fourth-order valence-electron chi connectivity index (χ4n) is 1.85. The minimum absolute atomic E-state index is 0.0401. The van der Waals surface area contributed by atoms with Gasteiger partial charge in [0.15, 0.2) is 0 Å². The molecule has 0 bridgehead atoms. The summed E-state index contributed by atoms with van der Waals surface area (Å²) in [5.74, 6) is 0. The van der Waals surface area contributed by atoms with Crippen LogP contribution in [0, 0.1) is 18.3 Å². The zero-order valence-corrected chi connectivity index (χ0v) is 13.0. The lowest BCUT2D eigenvalue weighted by molar-refractivity contribution is 0.585. The normalized spacial score (nSPS) is 11.9. The molecule has 22 heavy (non-hydrogen) atoms. The van der Waals surface area contributed by atoms with E-state index in [2.05, 4.69) is 4.72 Å². The number of aryl methyl sites for hydroxylation is 1. The van der Waals surface area contributed by atoms with Gasteiger partial charge in [-0.1, -0.05) is 48.0 Å². The number of nitriles is 1. The van der Waals surface area contributed by atoms with E-state index >= 15 is 0 Å². The van der Waals surface area contributed by atoms with Crippen molar-refractivity contribution in [3.8, 4) is 6.07 Å². The Labute approximate surface area is 130 Å². The van der Waals surface area contributed by atoms with Crippen molar-refractivity contribution in [3.05, 3.63) is 71.3 Å². The first-order valence-corrected chi connectivity index (χ1v) is 8.21. The van der Waals surface area contributed by atoms with Crippen LogP contribution in [0.25, 0.3) is 6.08 Å². The van der Waals surface area contributed by atoms with Crippen molar-refractivity contribution in [2.45, 2.75) is 11.8 Å². The number of sulfonamides is 1. The maximum absolute atomic E-state index is 12.2. The van der Waals surface area contributed by atoms with Crippen molar-refractivity contribution in [1.29, 1.82) is 5.26 Å². The molecule has 2 rings (SSSR count). The third-order valence-electron chi connectivity index (χ3n) is 3.07. The predicted octanol–water partition coefficient (Wildman–Crippen LogP) is 2.88. The molecule has 0 aliphatic rings. The molecule has 1 N–H and O–H groups in total. The summed E-state index contributed by atoms with van der Waals surface area (Å²) < 4.78 is 26.8. The molecule has 5 heteroatoms. The second-order valence-electron chi connectivity index (χ2n) is 4.83.